The number of anilines is 2. The molecule has 0 saturated carbocycles. The summed E-state index contributed by atoms with van der Waals surface area (Å²) >= 11 is 0. The number of likely N-dealkylation sites (tertiary alicyclic amines) is 1. The Labute approximate surface area is 274 Å². The molecule has 0 aliphatic carbocycles. The number of rotatable bonds is 10. The number of hydrogen-bond acceptors (Lipinski definition) is 9. The van der Waals surface area contributed by atoms with Gasteiger partial charge in [-0.1, -0.05) is 12.1 Å². The summed E-state index contributed by atoms with van der Waals surface area (Å²) < 4.78 is 42.8. The molecule has 3 amide bonds. The summed E-state index contributed by atoms with van der Waals surface area (Å²) in [5.74, 6) is 0.418. The number of ether oxygens (including phenoxy) is 3. The van der Waals surface area contributed by atoms with Crippen LogP contribution >= 0.6 is 0 Å². The van der Waals surface area contributed by atoms with Gasteiger partial charge >= 0.3 is 6.09 Å². The maximum Gasteiger partial charge on any atom is 0.411 e. The van der Waals surface area contributed by atoms with Crippen molar-refractivity contribution in [3.05, 3.63) is 76.9 Å². The third-order valence-corrected chi connectivity index (χ3v) is 10.9. The van der Waals surface area contributed by atoms with Gasteiger partial charge in [-0.2, -0.15) is 0 Å². The molecule has 0 spiro atoms. The van der Waals surface area contributed by atoms with Crippen molar-refractivity contribution in [3.8, 4) is 11.5 Å². The van der Waals surface area contributed by atoms with Gasteiger partial charge in [0.15, 0.2) is 21.3 Å². The largest absolute Gasteiger partial charge is 0.493 e. The van der Waals surface area contributed by atoms with E-state index < -0.39 is 33.3 Å². The lowest BCUT2D eigenvalue weighted by Crippen LogP contribution is -2.38. The molecule has 1 unspecified atom stereocenters. The Morgan fingerprint density at radius 3 is 2.34 bits per heavy atom. The highest BCUT2D eigenvalue weighted by Crippen LogP contribution is 2.41. The minimum absolute atomic E-state index is 0.0991. The standard InChI is InChI=1S/C34H40N4O8S/c1-19(2)47(42,43)30-14-11-23(37-34(41)46-6)18-26(30)27-8-7-15-38(27)33(40)31(21-9-13-28(44-4)29(16-21)45-5)36-22-10-12-24-20(3)35-32(39)25(24)17-22/h9-14,16-20,27,31,36H,7-8,15H2,1-6H3,(H,35,39)(H,37,41)/t20?,27-,31-/m1/s1. The van der Waals surface area contributed by atoms with Crippen molar-refractivity contribution < 1.29 is 37.0 Å². The second-order valence-corrected chi connectivity index (χ2v) is 14.3. The van der Waals surface area contributed by atoms with E-state index in [0.29, 0.717) is 59.0 Å². The first-order valence-electron chi connectivity index (χ1n) is 15.4. The molecule has 1 saturated heterocycles. The summed E-state index contributed by atoms with van der Waals surface area (Å²) in [6.07, 6.45) is 0.427. The van der Waals surface area contributed by atoms with E-state index >= 15 is 0 Å². The number of amides is 3. The van der Waals surface area contributed by atoms with E-state index in [1.165, 1.54) is 33.5 Å². The van der Waals surface area contributed by atoms with Gasteiger partial charge in [-0.25, -0.2) is 13.2 Å². The van der Waals surface area contributed by atoms with Crippen LogP contribution in [0.2, 0.25) is 0 Å². The Morgan fingerprint density at radius 2 is 1.66 bits per heavy atom. The number of fused-ring (bicyclic) bond motifs is 1. The van der Waals surface area contributed by atoms with E-state index in [1.54, 1.807) is 49.1 Å². The third-order valence-electron chi connectivity index (χ3n) is 8.67. The van der Waals surface area contributed by atoms with Crippen LogP contribution in [0, 0.1) is 0 Å². The average Bonchev–Trinajstić information content (AvgIpc) is 3.66. The highest BCUT2D eigenvalue weighted by Gasteiger charge is 2.38. The van der Waals surface area contributed by atoms with Crippen molar-refractivity contribution in [2.75, 3.05) is 38.5 Å². The average molecular weight is 665 g/mol. The zero-order valence-corrected chi connectivity index (χ0v) is 28.1. The van der Waals surface area contributed by atoms with Crippen LogP contribution in [-0.2, 0) is 19.4 Å². The maximum atomic E-state index is 14.7. The van der Waals surface area contributed by atoms with Crippen LogP contribution in [0.3, 0.4) is 0 Å². The van der Waals surface area contributed by atoms with E-state index in [9.17, 15) is 22.8 Å². The molecular weight excluding hydrogens is 624 g/mol. The third kappa shape index (κ3) is 6.57. The molecule has 3 atom stereocenters. The van der Waals surface area contributed by atoms with Crippen molar-refractivity contribution >= 4 is 39.1 Å². The van der Waals surface area contributed by atoms with Gasteiger partial charge in [-0.05, 0) is 92.8 Å². The van der Waals surface area contributed by atoms with Crippen molar-refractivity contribution in [2.45, 2.75) is 61.9 Å². The Bertz CT molecular complexity index is 1810. The van der Waals surface area contributed by atoms with Crippen LogP contribution in [0.1, 0.15) is 78.8 Å². The number of sulfone groups is 1. The van der Waals surface area contributed by atoms with Crippen molar-refractivity contribution in [1.29, 1.82) is 0 Å². The van der Waals surface area contributed by atoms with Gasteiger partial charge in [-0.15, -0.1) is 0 Å². The van der Waals surface area contributed by atoms with Crippen LogP contribution in [0.25, 0.3) is 0 Å². The summed E-state index contributed by atoms with van der Waals surface area (Å²) in [4.78, 5) is 41.2. The number of nitrogens with one attached hydrogen (secondary N) is 3. The van der Waals surface area contributed by atoms with Gasteiger partial charge < -0.3 is 29.7 Å². The number of methoxy groups -OCH3 is 3. The fraction of sp³-hybridized carbons (Fsp3) is 0.382. The topological polar surface area (TPSA) is 152 Å². The molecule has 3 aromatic rings. The van der Waals surface area contributed by atoms with E-state index in [-0.39, 0.29) is 22.8 Å². The van der Waals surface area contributed by atoms with E-state index in [2.05, 4.69) is 16.0 Å². The first kappa shape index (κ1) is 33.6. The van der Waals surface area contributed by atoms with Gasteiger partial charge in [0.25, 0.3) is 5.91 Å². The summed E-state index contributed by atoms with van der Waals surface area (Å²) in [7, 11) is 0.505. The zero-order valence-electron chi connectivity index (χ0n) is 27.2. The Balaban J connectivity index is 1.59. The monoisotopic (exact) mass is 664 g/mol. The van der Waals surface area contributed by atoms with Crippen molar-refractivity contribution in [1.82, 2.24) is 10.2 Å². The molecule has 12 nitrogen and oxygen atoms in total. The van der Waals surface area contributed by atoms with Gasteiger partial charge in [0.05, 0.1) is 43.6 Å². The van der Waals surface area contributed by atoms with Crippen LogP contribution in [0.5, 0.6) is 11.5 Å². The molecule has 0 aromatic heterocycles. The molecular formula is C34H40N4O8S. The second-order valence-electron chi connectivity index (χ2n) is 11.8. The van der Waals surface area contributed by atoms with Crippen LogP contribution < -0.4 is 25.4 Å². The second kappa shape index (κ2) is 13.5. The molecule has 47 heavy (non-hydrogen) atoms. The maximum absolute atomic E-state index is 14.7. The molecule has 0 bridgehead atoms. The molecule has 2 aliphatic heterocycles. The minimum Gasteiger partial charge on any atom is -0.493 e. The van der Waals surface area contributed by atoms with Gasteiger partial charge in [-0.3, -0.25) is 14.9 Å². The van der Waals surface area contributed by atoms with Crippen molar-refractivity contribution in [2.24, 2.45) is 0 Å². The van der Waals surface area contributed by atoms with E-state index in [0.717, 1.165) is 5.56 Å². The first-order valence-corrected chi connectivity index (χ1v) is 16.9. The normalized spacial score (nSPS) is 17.9. The molecule has 2 aliphatic rings. The van der Waals surface area contributed by atoms with Crippen molar-refractivity contribution in [3.63, 3.8) is 0 Å². The van der Waals surface area contributed by atoms with E-state index in [4.69, 9.17) is 14.2 Å². The lowest BCUT2D eigenvalue weighted by atomic mass is 10.00. The lowest BCUT2D eigenvalue weighted by Gasteiger charge is -2.32. The number of carbonyl (C=O) groups excluding carboxylic acids is 3. The number of nitrogens with zero attached hydrogens (tertiary/aromatic N) is 1. The summed E-state index contributed by atoms with van der Waals surface area (Å²) in [5.41, 5.74) is 3.28. The highest BCUT2D eigenvalue weighted by molar-refractivity contribution is 7.92. The van der Waals surface area contributed by atoms with Gasteiger partial charge in [0.1, 0.15) is 6.04 Å². The molecule has 5 rings (SSSR count). The van der Waals surface area contributed by atoms with Gasteiger partial charge in [0, 0.05) is 23.5 Å². The Hall–Kier alpha value is -4.78. The predicted octanol–water partition coefficient (Wildman–Crippen LogP) is 5.39. The molecule has 0 radical (unpaired) electrons. The molecule has 250 valence electrons. The number of benzene rings is 3. The fourth-order valence-electron chi connectivity index (χ4n) is 6.15. The molecule has 2 heterocycles. The lowest BCUT2D eigenvalue weighted by molar-refractivity contribution is -0.133. The quantitative estimate of drug-likeness (QED) is 0.259. The summed E-state index contributed by atoms with van der Waals surface area (Å²) in [6.45, 7) is 5.48. The highest BCUT2D eigenvalue weighted by atomic mass is 32.2. The summed E-state index contributed by atoms with van der Waals surface area (Å²) in [6, 6.07) is 13.5. The Kier molecular flexibility index (Phi) is 9.66. The molecule has 1 fully saturated rings. The smallest absolute Gasteiger partial charge is 0.411 e. The SMILES string of the molecule is COC(=O)Nc1ccc(S(=O)(=O)C(C)C)c([C@H]2CCCN2C(=O)[C@H](Nc2ccc3c(c2)C(=O)NC3C)c2ccc(OC)c(OC)c2)c1. The predicted molar refractivity (Wildman–Crippen MR) is 177 cm³/mol. The first-order chi connectivity index (χ1) is 22.4. The van der Waals surface area contributed by atoms with Crippen LogP contribution in [-0.4, -0.2) is 64.3 Å². The van der Waals surface area contributed by atoms with Crippen LogP contribution in [0.15, 0.2) is 59.5 Å². The molecule has 3 aromatic carbocycles. The summed E-state index contributed by atoms with van der Waals surface area (Å²) in [5, 5.41) is 8.14. The minimum atomic E-state index is -3.76. The van der Waals surface area contributed by atoms with Crippen LogP contribution in [0.4, 0.5) is 16.2 Å². The Morgan fingerprint density at radius 1 is 0.936 bits per heavy atom. The number of carbonyl (C=O) groups is 3. The fourth-order valence-corrected chi connectivity index (χ4v) is 7.44. The molecule has 13 heteroatoms. The molecule has 3 N–H and O–H groups in total. The number of hydrogen-bond donors (Lipinski definition) is 3. The van der Waals surface area contributed by atoms with E-state index in [1.807, 2.05) is 19.1 Å². The zero-order chi connectivity index (χ0) is 34.0. The van der Waals surface area contributed by atoms with Gasteiger partial charge in [0.2, 0.25) is 5.91 Å².